The molecule has 1 heterocycles. The maximum Gasteiger partial charge on any atom is 0.0153 e. The summed E-state index contributed by atoms with van der Waals surface area (Å²) >= 11 is 0. The quantitative estimate of drug-likeness (QED) is 0.780. The first-order valence-electron chi connectivity index (χ1n) is 7.47. The molecular weight excluding hydrogens is 210 g/mol. The third-order valence-electron chi connectivity index (χ3n) is 4.37. The molecule has 0 spiro atoms. The van der Waals surface area contributed by atoms with Crippen molar-refractivity contribution in [2.24, 2.45) is 0 Å². The van der Waals surface area contributed by atoms with Crippen LogP contribution < -0.4 is 10.6 Å². The molecule has 0 aromatic rings. The molecule has 0 atom stereocenters. The number of rotatable bonds is 4. The second-order valence-electron chi connectivity index (χ2n) is 5.99. The van der Waals surface area contributed by atoms with Gasteiger partial charge in [-0.2, -0.15) is 0 Å². The van der Waals surface area contributed by atoms with Crippen molar-refractivity contribution in [3.8, 4) is 0 Å². The van der Waals surface area contributed by atoms with Crippen molar-refractivity contribution in [2.75, 3.05) is 39.3 Å². The fraction of sp³-hybridized carbons (Fsp3) is 1.00. The maximum absolute atomic E-state index is 3.80. The highest BCUT2D eigenvalue weighted by Crippen LogP contribution is 2.27. The van der Waals surface area contributed by atoms with E-state index in [2.05, 4.69) is 22.5 Å². The Morgan fingerprint density at radius 2 is 1.88 bits per heavy atom. The summed E-state index contributed by atoms with van der Waals surface area (Å²) in [6.07, 6.45) is 8.31. The van der Waals surface area contributed by atoms with Gasteiger partial charge in [0.15, 0.2) is 0 Å². The Morgan fingerprint density at radius 1 is 1.06 bits per heavy atom. The molecule has 0 unspecified atom stereocenters. The van der Waals surface area contributed by atoms with Crippen LogP contribution in [0.4, 0.5) is 0 Å². The molecular formula is C14H29N3. The largest absolute Gasteiger partial charge is 0.315 e. The lowest BCUT2D eigenvalue weighted by Crippen LogP contribution is -2.47. The zero-order chi connectivity index (χ0) is 12.0. The summed E-state index contributed by atoms with van der Waals surface area (Å²) in [5, 5.41) is 7.27. The molecule has 0 radical (unpaired) electrons. The smallest absolute Gasteiger partial charge is 0.0153 e. The minimum absolute atomic E-state index is 0.433. The van der Waals surface area contributed by atoms with Crippen LogP contribution in [0.5, 0.6) is 0 Å². The summed E-state index contributed by atoms with van der Waals surface area (Å²) < 4.78 is 0. The summed E-state index contributed by atoms with van der Waals surface area (Å²) in [4.78, 5) is 2.60. The molecule has 0 aromatic carbocycles. The van der Waals surface area contributed by atoms with Crippen LogP contribution in [-0.2, 0) is 0 Å². The van der Waals surface area contributed by atoms with Crippen LogP contribution >= 0.6 is 0 Å². The van der Waals surface area contributed by atoms with E-state index < -0.39 is 0 Å². The van der Waals surface area contributed by atoms with Gasteiger partial charge >= 0.3 is 0 Å². The highest BCUT2D eigenvalue weighted by atomic mass is 15.2. The first-order chi connectivity index (χ1) is 8.29. The SMILES string of the molecule is CC1(NCCN2CCCNCC2)CCCCC1. The van der Waals surface area contributed by atoms with E-state index in [1.807, 2.05) is 0 Å². The van der Waals surface area contributed by atoms with Crippen molar-refractivity contribution in [3.63, 3.8) is 0 Å². The monoisotopic (exact) mass is 239 g/mol. The Hall–Kier alpha value is -0.120. The Balaban J connectivity index is 1.63. The summed E-state index contributed by atoms with van der Waals surface area (Å²) in [7, 11) is 0. The zero-order valence-corrected chi connectivity index (χ0v) is 11.4. The van der Waals surface area contributed by atoms with Crippen LogP contribution in [0, 0.1) is 0 Å². The Kier molecular flexibility index (Phi) is 5.26. The average molecular weight is 239 g/mol. The van der Waals surface area contributed by atoms with Crippen LogP contribution in [0.2, 0.25) is 0 Å². The van der Waals surface area contributed by atoms with Crippen molar-refractivity contribution in [2.45, 2.75) is 51.0 Å². The summed E-state index contributed by atoms with van der Waals surface area (Å²) in [6, 6.07) is 0. The van der Waals surface area contributed by atoms with E-state index in [0.29, 0.717) is 5.54 Å². The summed E-state index contributed by atoms with van der Waals surface area (Å²) in [5.41, 5.74) is 0.433. The molecule has 1 saturated carbocycles. The van der Waals surface area contributed by atoms with Gasteiger partial charge in [0.05, 0.1) is 0 Å². The fourth-order valence-electron chi connectivity index (χ4n) is 3.15. The van der Waals surface area contributed by atoms with Crippen LogP contribution in [0.3, 0.4) is 0 Å². The maximum atomic E-state index is 3.80. The van der Waals surface area contributed by atoms with Gasteiger partial charge in [-0.25, -0.2) is 0 Å². The molecule has 2 rings (SSSR count). The normalized spacial score (nSPS) is 26.6. The fourth-order valence-corrected chi connectivity index (χ4v) is 3.15. The van der Waals surface area contributed by atoms with Gasteiger partial charge in [0, 0.05) is 31.7 Å². The molecule has 0 aromatic heterocycles. The van der Waals surface area contributed by atoms with Gasteiger partial charge in [0.25, 0.3) is 0 Å². The minimum Gasteiger partial charge on any atom is -0.315 e. The van der Waals surface area contributed by atoms with Gasteiger partial charge in [-0.15, -0.1) is 0 Å². The van der Waals surface area contributed by atoms with Crippen molar-refractivity contribution in [1.82, 2.24) is 15.5 Å². The van der Waals surface area contributed by atoms with Gasteiger partial charge in [0.1, 0.15) is 0 Å². The molecule has 3 heteroatoms. The van der Waals surface area contributed by atoms with Crippen LogP contribution in [-0.4, -0.2) is 49.7 Å². The predicted octanol–water partition coefficient (Wildman–Crippen LogP) is 1.59. The van der Waals surface area contributed by atoms with Gasteiger partial charge in [-0.05, 0) is 39.3 Å². The van der Waals surface area contributed by atoms with Gasteiger partial charge < -0.3 is 15.5 Å². The topological polar surface area (TPSA) is 27.3 Å². The standard InChI is InChI=1S/C14H29N3/c1-14(6-3-2-4-7-14)16-10-13-17-11-5-8-15-9-12-17/h15-16H,2-13H2,1H3. The third-order valence-corrected chi connectivity index (χ3v) is 4.37. The van der Waals surface area contributed by atoms with E-state index >= 15 is 0 Å². The molecule has 2 N–H and O–H groups in total. The molecule has 1 aliphatic heterocycles. The second kappa shape index (κ2) is 6.72. The van der Waals surface area contributed by atoms with Gasteiger partial charge in [-0.3, -0.25) is 0 Å². The Bertz CT molecular complexity index is 204. The average Bonchev–Trinajstić information content (AvgIpc) is 2.58. The van der Waals surface area contributed by atoms with Crippen molar-refractivity contribution < 1.29 is 0 Å². The first-order valence-corrected chi connectivity index (χ1v) is 7.47. The second-order valence-corrected chi connectivity index (χ2v) is 5.99. The molecule has 100 valence electrons. The lowest BCUT2D eigenvalue weighted by Gasteiger charge is -2.35. The number of hydrogen-bond donors (Lipinski definition) is 2. The third kappa shape index (κ3) is 4.57. The molecule has 17 heavy (non-hydrogen) atoms. The highest BCUT2D eigenvalue weighted by molar-refractivity contribution is 4.86. The lowest BCUT2D eigenvalue weighted by atomic mass is 9.83. The van der Waals surface area contributed by atoms with E-state index in [1.165, 1.54) is 64.7 Å². The van der Waals surface area contributed by atoms with E-state index in [1.54, 1.807) is 0 Å². The summed E-state index contributed by atoms with van der Waals surface area (Å²) in [6.45, 7) is 9.65. The number of nitrogens with zero attached hydrogens (tertiary/aromatic N) is 1. The van der Waals surface area contributed by atoms with E-state index in [4.69, 9.17) is 0 Å². The Morgan fingerprint density at radius 3 is 2.71 bits per heavy atom. The van der Waals surface area contributed by atoms with Crippen molar-refractivity contribution in [1.29, 1.82) is 0 Å². The lowest BCUT2D eigenvalue weighted by molar-refractivity contribution is 0.227. The van der Waals surface area contributed by atoms with Gasteiger partial charge in [0.2, 0.25) is 0 Å². The van der Waals surface area contributed by atoms with E-state index in [0.717, 1.165) is 13.1 Å². The molecule has 0 bridgehead atoms. The van der Waals surface area contributed by atoms with E-state index in [-0.39, 0.29) is 0 Å². The van der Waals surface area contributed by atoms with Crippen LogP contribution in [0.1, 0.15) is 45.4 Å². The molecule has 3 nitrogen and oxygen atoms in total. The molecule has 2 aliphatic rings. The first kappa shape index (κ1) is 13.3. The number of nitrogens with one attached hydrogen (secondary N) is 2. The minimum atomic E-state index is 0.433. The molecule has 0 amide bonds. The molecule has 1 aliphatic carbocycles. The predicted molar refractivity (Wildman–Crippen MR) is 73.4 cm³/mol. The van der Waals surface area contributed by atoms with Crippen LogP contribution in [0.15, 0.2) is 0 Å². The molecule has 2 fully saturated rings. The number of hydrogen-bond acceptors (Lipinski definition) is 3. The van der Waals surface area contributed by atoms with Crippen molar-refractivity contribution >= 4 is 0 Å². The van der Waals surface area contributed by atoms with E-state index in [9.17, 15) is 0 Å². The van der Waals surface area contributed by atoms with Gasteiger partial charge in [-0.1, -0.05) is 19.3 Å². The van der Waals surface area contributed by atoms with Crippen molar-refractivity contribution in [3.05, 3.63) is 0 Å². The van der Waals surface area contributed by atoms with Crippen LogP contribution in [0.25, 0.3) is 0 Å². The molecule has 1 saturated heterocycles. The Labute approximate surface area is 106 Å². The zero-order valence-electron chi connectivity index (χ0n) is 11.4. The highest BCUT2D eigenvalue weighted by Gasteiger charge is 2.25. The summed E-state index contributed by atoms with van der Waals surface area (Å²) in [5.74, 6) is 0.